The van der Waals surface area contributed by atoms with Gasteiger partial charge in [0.15, 0.2) is 0 Å². The molecule has 1 N–H and O–H groups in total. The first-order valence-corrected chi connectivity index (χ1v) is 9.96. The van der Waals surface area contributed by atoms with Crippen molar-refractivity contribution in [1.82, 2.24) is 14.4 Å². The van der Waals surface area contributed by atoms with E-state index >= 15 is 0 Å². The number of methoxy groups -OCH3 is 1. The first-order valence-electron chi connectivity index (χ1n) is 9.96. The van der Waals surface area contributed by atoms with Gasteiger partial charge in [-0.05, 0) is 40.6 Å². The molecule has 0 unspecified atom stereocenters. The summed E-state index contributed by atoms with van der Waals surface area (Å²) in [6.07, 6.45) is 5.78. The fraction of sp³-hybridized carbons (Fsp3) is 0.0800. The SMILES string of the molecule is COc1ccc(-c2cn3cccnc3n2)cc1NC(=O)Cc1cccc2ccccc12. The Kier molecular flexibility index (Phi) is 4.80. The summed E-state index contributed by atoms with van der Waals surface area (Å²) < 4.78 is 7.32. The third-order valence-electron chi connectivity index (χ3n) is 5.24. The number of aromatic nitrogens is 3. The number of imidazole rings is 1. The first-order chi connectivity index (χ1) is 15.2. The molecule has 0 radical (unpaired) electrons. The summed E-state index contributed by atoms with van der Waals surface area (Å²) in [5.74, 6) is 1.11. The molecule has 6 heteroatoms. The van der Waals surface area contributed by atoms with Crippen molar-refractivity contribution in [3.8, 4) is 17.0 Å². The number of carbonyl (C=O) groups excluding carboxylic acids is 1. The van der Waals surface area contributed by atoms with E-state index in [0.717, 1.165) is 27.6 Å². The van der Waals surface area contributed by atoms with Gasteiger partial charge in [-0.1, -0.05) is 42.5 Å². The molecule has 0 fully saturated rings. The Morgan fingerprint density at radius 3 is 2.81 bits per heavy atom. The molecule has 0 spiro atoms. The van der Waals surface area contributed by atoms with Crippen LogP contribution < -0.4 is 10.1 Å². The predicted octanol–water partition coefficient (Wildman–Crippen LogP) is 4.74. The van der Waals surface area contributed by atoms with Gasteiger partial charge < -0.3 is 10.1 Å². The minimum Gasteiger partial charge on any atom is -0.495 e. The largest absolute Gasteiger partial charge is 0.495 e. The first kappa shape index (κ1) is 18.8. The highest BCUT2D eigenvalue weighted by Crippen LogP contribution is 2.30. The topological polar surface area (TPSA) is 68.5 Å². The summed E-state index contributed by atoms with van der Waals surface area (Å²) in [6.45, 7) is 0. The van der Waals surface area contributed by atoms with Crippen LogP contribution in [0.3, 0.4) is 0 Å². The molecule has 0 aliphatic heterocycles. The minimum absolute atomic E-state index is 0.108. The smallest absolute Gasteiger partial charge is 0.234 e. The van der Waals surface area contributed by atoms with E-state index in [0.29, 0.717) is 17.2 Å². The van der Waals surface area contributed by atoms with Gasteiger partial charge in [-0.15, -0.1) is 0 Å². The number of amides is 1. The zero-order valence-electron chi connectivity index (χ0n) is 16.9. The molecular weight excluding hydrogens is 388 g/mol. The monoisotopic (exact) mass is 408 g/mol. The summed E-state index contributed by atoms with van der Waals surface area (Å²) in [5.41, 5.74) is 3.23. The highest BCUT2D eigenvalue weighted by Gasteiger charge is 2.13. The molecule has 0 aliphatic rings. The van der Waals surface area contributed by atoms with Crippen LogP contribution in [0.15, 0.2) is 85.3 Å². The summed E-state index contributed by atoms with van der Waals surface area (Å²) in [6, 6.07) is 21.6. The van der Waals surface area contributed by atoms with E-state index in [1.165, 1.54) is 0 Å². The molecule has 152 valence electrons. The lowest BCUT2D eigenvalue weighted by atomic mass is 10.0. The van der Waals surface area contributed by atoms with Gasteiger partial charge in [-0.25, -0.2) is 9.97 Å². The Balaban J connectivity index is 1.43. The number of nitrogens with zero attached hydrogens (tertiary/aromatic N) is 3. The number of rotatable bonds is 5. The number of hydrogen-bond acceptors (Lipinski definition) is 4. The maximum absolute atomic E-state index is 12.9. The van der Waals surface area contributed by atoms with Crippen LogP contribution in [0.1, 0.15) is 5.56 Å². The molecule has 0 saturated carbocycles. The number of carbonyl (C=O) groups is 1. The molecule has 2 heterocycles. The lowest BCUT2D eigenvalue weighted by Gasteiger charge is -2.12. The molecule has 1 amide bonds. The molecule has 2 aromatic heterocycles. The van der Waals surface area contributed by atoms with Crippen LogP contribution in [-0.2, 0) is 11.2 Å². The van der Waals surface area contributed by atoms with E-state index in [1.807, 2.05) is 83.5 Å². The van der Waals surface area contributed by atoms with Crippen molar-refractivity contribution in [2.45, 2.75) is 6.42 Å². The fourth-order valence-electron chi connectivity index (χ4n) is 3.75. The molecule has 5 aromatic rings. The van der Waals surface area contributed by atoms with Crippen molar-refractivity contribution in [2.24, 2.45) is 0 Å². The van der Waals surface area contributed by atoms with Crippen LogP contribution in [0.4, 0.5) is 5.69 Å². The highest BCUT2D eigenvalue weighted by atomic mass is 16.5. The lowest BCUT2D eigenvalue weighted by Crippen LogP contribution is -2.15. The Bertz CT molecular complexity index is 1370. The predicted molar refractivity (Wildman–Crippen MR) is 121 cm³/mol. The van der Waals surface area contributed by atoms with Gasteiger partial charge in [0, 0.05) is 24.2 Å². The van der Waals surface area contributed by atoms with Gasteiger partial charge in [0.05, 0.1) is 24.9 Å². The summed E-state index contributed by atoms with van der Waals surface area (Å²) in [4.78, 5) is 21.7. The van der Waals surface area contributed by atoms with Crippen molar-refractivity contribution < 1.29 is 9.53 Å². The molecule has 0 atom stereocenters. The Morgan fingerprint density at radius 1 is 1.06 bits per heavy atom. The van der Waals surface area contributed by atoms with Crippen molar-refractivity contribution in [3.63, 3.8) is 0 Å². The second-order valence-corrected chi connectivity index (χ2v) is 7.23. The number of fused-ring (bicyclic) bond motifs is 2. The molecule has 0 aliphatic carbocycles. The van der Waals surface area contributed by atoms with Gasteiger partial charge in [0.2, 0.25) is 11.7 Å². The van der Waals surface area contributed by atoms with E-state index in [2.05, 4.69) is 15.3 Å². The Hall–Kier alpha value is -4.19. The normalized spacial score (nSPS) is 11.0. The van der Waals surface area contributed by atoms with Crippen LogP contribution in [0.5, 0.6) is 5.75 Å². The minimum atomic E-state index is -0.108. The Labute approximate surface area is 179 Å². The van der Waals surface area contributed by atoms with Crippen LogP contribution in [0, 0.1) is 0 Å². The van der Waals surface area contributed by atoms with Gasteiger partial charge in [0.1, 0.15) is 5.75 Å². The molecule has 0 bridgehead atoms. The van der Waals surface area contributed by atoms with Crippen molar-refractivity contribution in [3.05, 3.63) is 90.9 Å². The third-order valence-corrected chi connectivity index (χ3v) is 5.24. The maximum Gasteiger partial charge on any atom is 0.234 e. The zero-order valence-corrected chi connectivity index (χ0v) is 16.9. The standard InChI is InChI=1S/C25H20N4O2/c1-31-23-11-10-19(22-16-29-13-5-12-26-25(29)28-22)14-21(23)27-24(30)15-18-8-4-7-17-6-2-3-9-20(17)18/h2-14,16H,15H2,1H3,(H,27,30). The van der Waals surface area contributed by atoms with E-state index in [9.17, 15) is 4.79 Å². The number of anilines is 1. The summed E-state index contributed by atoms with van der Waals surface area (Å²) >= 11 is 0. The molecule has 3 aromatic carbocycles. The summed E-state index contributed by atoms with van der Waals surface area (Å²) in [5, 5.41) is 5.20. The highest BCUT2D eigenvalue weighted by molar-refractivity contribution is 5.97. The van der Waals surface area contributed by atoms with Crippen LogP contribution in [0.25, 0.3) is 27.8 Å². The van der Waals surface area contributed by atoms with Crippen molar-refractivity contribution in [1.29, 1.82) is 0 Å². The molecule has 31 heavy (non-hydrogen) atoms. The van der Waals surface area contributed by atoms with E-state index < -0.39 is 0 Å². The number of hydrogen-bond donors (Lipinski definition) is 1. The lowest BCUT2D eigenvalue weighted by molar-refractivity contribution is -0.115. The fourth-order valence-corrected chi connectivity index (χ4v) is 3.75. The van der Waals surface area contributed by atoms with Crippen LogP contribution >= 0.6 is 0 Å². The Morgan fingerprint density at radius 2 is 1.94 bits per heavy atom. The molecule has 0 saturated heterocycles. The van der Waals surface area contributed by atoms with Crippen molar-refractivity contribution >= 4 is 28.1 Å². The van der Waals surface area contributed by atoms with Gasteiger partial charge in [-0.2, -0.15) is 0 Å². The molecular formula is C25H20N4O2. The third kappa shape index (κ3) is 3.71. The summed E-state index contributed by atoms with van der Waals surface area (Å²) in [7, 11) is 1.59. The van der Waals surface area contributed by atoms with E-state index in [4.69, 9.17) is 4.74 Å². The second-order valence-electron chi connectivity index (χ2n) is 7.23. The van der Waals surface area contributed by atoms with Gasteiger partial charge >= 0.3 is 0 Å². The average molecular weight is 408 g/mol. The second kappa shape index (κ2) is 7.91. The quantitative estimate of drug-likeness (QED) is 0.456. The maximum atomic E-state index is 12.9. The zero-order chi connectivity index (χ0) is 21.2. The number of benzene rings is 3. The number of nitrogens with one attached hydrogen (secondary N) is 1. The number of ether oxygens (including phenoxy) is 1. The van der Waals surface area contributed by atoms with Crippen LogP contribution in [-0.4, -0.2) is 27.4 Å². The van der Waals surface area contributed by atoms with Crippen LogP contribution in [0.2, 0.25) is 0 Å². The van der Waals surface area contributed by atoms with E-state index in [-0.39, 0.29) is 12.3 Å². The average Bonchev–Trinajstić information content (AvgIpc) is 3.24. The van der Waals surface area contributed by atoms with Crippen molar-refractivity contribution in [2.75, 3.05) is 12.4 Å². The van der Waals surface area contributed by atoms with Gasteiger partial charge in [0.25, 0.3) is 0 Å². The molecule has 6 nitrogen and oxygen atoms in total. The molecule has 5 rings (SSSR count). The van der Waals surface area contributed by atoms with E-state index in [1.54, 1.807) is 13.3 Å². The van der Waals surface area contributed by atoms with Gasteiger partial charge in [-0.3, -0.25) is 9.20 Å².